The number of hydrogen-bond donors (Lipinski definition) is 2. The van der Waals surface area contributed by atoms with Gasteiger partial charge < -0.3 is 10.8 Å². The maximum absolute atomic E-state index is 12.8. The van der Waals surface area contributed by atoms with Crippen molar-refractivity contribution >= 4 is 22.8 Å². The van der Waals surface area contributed by atoms with Gasteiger partial charge in [0, 0.05) is 6.42 Å². The number of rotatable bonds is 5. The van der Waals surface area contributed by atoms with Gasteiger partial charge in [-0.15, -0.1) is 5.10 Å². The van der Waals surface area contributed by atoms with Crippen LogP contribution in [-0.4, -0.2) is 17.2 Å². The van der Waals surface area contributed by atoms with Crippen LogP contribution in [0.15, 0.2) is 76.9 Å². The van der Waals surface area contributed by atoms with E-state index in [1.807, 2.05) is 42.5 Å². The summed E-state index contributed by atoms with van der Waals surface area (Å²) < 4.78 is 12.8. The van der Waals surface area contributed by atoms with Crippen LogP contribution in [0.4, 0.5) is 4.39 Å². The topological polar surface area (TPSA) is 71.0 Å². The van der Waals surface area contributed by atoms with Gasteiger partial charge in [0.2, 0.25) is 0 Å². The third-order valence-electron chi connectivity index (χ3n) is 3.82. The van der Waals surface area contributed by atoms with Gasteiger partial charge in [-0.25, -0.2) is 4.39 Å². The summed E-state index contributed by atoms with van der Waals surface area (Å²) in [6.45, 7) is 0. The fourth-order valence-electron chi connectivity index (χ4n) is 2.49. The Labute approximate surface area is 145 Å². The van der Waals surface area contributed by atoms with Crippen LogP contribution in [0.2, 0.25) is 0 Å². The largest absolute Gasteiger partial charge is 0.388 e. The first-order valence-corrected chi connectivity index (χ1v) is 7.89. The summed E-state index contributed by atoms with van der Waals surface area (Å²) in [5, 5.41) is 20.3. The number of nitrogens with zero attached hydrogens (tertiary/aromatic N) is 2. The minimum atomic E-state index is -0.755. The van der Waals surface area contributed by atoms with E-state index in [0.717, 1.165) is 16.3 Å². The Morgan fingerprint density at radius 1 is 1.04 bits per heavy atom. The summed E-state index contributed by atoms with van der Waals surface area (Å²) in [6, 6.07) is 19.6. The van der Waals surface area contributed by atoms with Crippen molar-refractivity contribution in [3.8, 4) is 0 Å². The number of benzene rings is 3. The van der Waals surface area contributed by atoms with Gasteiger partial charge in [-0.05, 0) is 40.1 Å². The fraction of sp³-hybridized carbons (Fsp3) is 0.100. The molecule has 5 heteroatoms. The second-order valence-corrected chi connectivity index (χ2v) is 5.71. The molecule has 0 aromatic heterocycles. The van der Waals surface area contributed by atoms with Gasteiger partial charge in [0.25, 0.3) is 0 Å². The molecule has 0 radical (unpaired) electrons. The predicted octanol–water partition coefficient (Wildman–Crippen LogP) is 3.79. The lowest BCUT2D eigenvalue weighted by Crippen LogP contribution is -2.15. The van der Waals surface area contributed by atoms with Crippen LogP contribution in [-0.2, 0) is 0 Å². The molecule has 126 valence electrons. The molecule has 0 aliphatic heterocycles. The first-order chi connectivity index (χ1) is 12.1. The van der Waals surface area contributed by atoms with E-state index >= 15 is 0 Å². The molecule has 0 fully saturated rings. The fourth-order valence-corrected chi connectivity index (χ4v) is 2.49. The Balaban J connectivity index is 1.66. The lowest BCUT2D eigenvalue weighted by atomic mass is 10.0. The molecule has 0 amide bonds. The zero-order valence-electron chi connectivity index (χ0n) is 13.5. The van der Waals surface area contributed by atoms with Crippen molar-refractivity contribution in [3.63, 3.8) is 0 Å². The maximum Gasteiger partial charge on any atom is 0.125 e. The summed E-state index contributed by atoms with van der Waals surface area (Å²) >= 11 is 0. The second kappa shape index (κ2) is 7.68. The predicted molar refractivity (Wildman–Crippen MR) is 99.1 cm³/mol. The molecule has 0 aliphatic rings. The molecule has 4 nitrogen and oxygen atoms in total. The van der Waals surface area contributed by atoms with E-state index in [9.17, 15) is 9.50 Å². The quantitative estimate of drug-likeness (QED) is 0.423. The Kier molecular flexibility index (Phi) is 5.16. The Bertz CT molecular complexity index is 920. The zero-order chi connectivity index (χ0) is 17.6. The molecule has 0 saturated carbocycles. The van der Waals surface area contributed by atoms with Gasteiger partial charge in [0.15, 0.2) is 0 Å². The molecule has 1 atom stereocenters. The Morgan fingerprint density at radius 2 is 1.76 bits per heavy atom. The number of hydrogen-bond acceptors (Lipinski definition) is 3. The smallest absolute Gasteiger partial charge is 0.125 e. The van der Waals surface area contributed by atoms with Crippen LogP contribution in [0.1, 0.15) is 23.7 Å². The van der Waals surface area contributed by atoms with Crippen molar-refractivity contribution in [2.24, 2.45) is 15.9 Å². The summed E-state index contributed by atoms with van der Waals surface area (Å²) in [5.74, 6) is -0.0855. The van der Waals surface area contributed by atoms with E-state index in [0.29, 0.717) is 5.56 Å². The van der Waals surface area contributed by atoms with Crippen LogP contribution < -0.4 is 5.73 Å². The van der Waals surface area contributed by atoms with Gasteiger partial charge >= 0.3 is 0 Å². The summed E-state index contributed by atoms with van der Waals surface area (Å²) in [7, 11) is 0. The molecule has 3 rings (SSSR count). The molecule has 3 aromatic carbocycles. The monoisotopic (exact) mass is 335 g/mol. The van der Waals surface area contributed by atoms with Crippen LogP contribution >= 0.6 is 0 Å². The van der Waals surface area contributed by atoms with Crippen molar-refractivity contribution in [1.29, 1.82) is 0 Å². The van der Waals surface area contributed by atoms with Crippen LogP contribution in [0.5, 0.6) is 0 Å². The van der Waals surface area contributed by atoms with Crippen LogP contribution in [0.3, 0.4) is 0 Å². The molecule has 0 aliphatic carbocycles. The van der Waals surface area contributed by atoms with Crippen molar-refractivity contribution in [1.82, 2.24) is 0 Å². The molecule has 3 aromatic rings. The number of halogens is 1. The maximum atomic E-state index is 12.8. The highest BCUT2D eigenvalue weighted by atomic mass is 19.1. The van der Waals surface area contributed by atoms with Gasteiger partial charge in [-0.1, -0.05) is 48.5 Å². The van der Waals surface area contributed by atoms with Crippen LogP contribution in [0.25, 0.3) is 10.8 Å². The molecule has 0 heterocycles. The van der Waals surface area contributed by atoms with Crippen molar-refractivity contribution in [3.05, 3.63) is 83.7 Å². The number of aliphatic hydroxyl groups is 1. The molecular weight excluding hydrogens is 317 g/mol. The standard InChI is InChI=1S/C20H18FN3O/c21-18-9-5-14(6-10-18)13-23-24-20(22)12-19(25)17-8-7-15-3-1-2-4-16(15)11-17/h1-11,13,19,25H,12H2,(H2,22,24)/b23-13+. The molecular formula is C20H18FN3O. The average Bonchev–Trinajstić information content (AvgIpc) is 2.63. The first kappa shape index (κ1) is 16.8. The van der Waals surface area contributed by atoms with Gasteiger partial charge in [-0.3, -0.25) is 0 Å². The normalized spacial score (nSPS) is 13.4. The minimum Gasteiger partial charge on any atom is -0.388 e. The van der Waals surface area contributed by atoms with E-state index in [-0.39, 0.29) is 18.1 Å². The zero-order valence-corrected chi connectivity index (χ0v) is 13.5. The minimum absolute atomic E-state index is 0.180. The van der Waals surface area contributed by atoms with Gasteiger partial charge in [-0.2, -0.15) is 5.10 Å². The average molecular weight is 335 g/mol. The third kappa shape index (κ3) is 4.49. The second-order valence-electron chi connectivity index (χ2n) is 5.71. The van der Waals surface area contributed by atoms with E-state index in [1.54, 1.807) is 12.1 Å². The molecule has 0 spiro atoms. The van der Waals surface area contributed by atoms with E-state index < -0.39 is 6.10 Å². The Morgan fingerprint density at radius 3 is 2.52 bits per heavy atom. The summed E-state index contributed by atoms with van der Waals surface area (Å²) in [6.07, 6.45) is 0.905. The highest BCUT2D eigenvalue weighted by Gasteiger charge is 2.10. The van der Waals surface area contributed by atoms with Crippen molar-refractivity contribution < 1.29 is 9.50 Å². The highest BCUT2D eigenvalue weighted by molar-refractivity contribution is 5.85. The third-order valence-corrected chi connectivity index (χ3v) is 3.82. The van der Waals surface area contributed by atoms with E-state index in [2.05, 4.69) is 10.2 Å². The van der Waals surface area contributed by atoms with E-state index in [4.69, 9.17) is 5.73 Å². The van der Waals surface area contributed by atoms with Gasteiger partial charge in [0.05, 0.1) is 12.3 Å². The summed E-state index contributed by atoms with van der Waals surface area (Å²) in [5.41, 5.74) is 7.32. The lowest BCUT2D eigenvalue weighted by molar-refractivity contribution is 0.186. The van der Waals surface area contributed by atoms with Crippen molar-refractivity contribution in [2.45, 2.75) is 12.5 Å². The summed E-state index contributed by atoms with van der Waals surface area (Å²) in [4.78, 5) is 0. The SMILES string of the molecule is N/C(CC(O)c1ccc2ccccc2c1)=N\N=C\c1ccc(F)cc1. The van der Waals surface area contributed by atoms with Crippen LogP contribution in [0, 0.1) is 5.82 Å². The number of fused-ring (bicyclic) bond motifs is 1. The molecule has 1 unspecified atom stereocenters. The molecule has 0 bridgehead atoms. The van der Waals surface area contributed by atoms with Gasteiger partial charge in [0.1, 0.15) is 11.7 Å². The molecule has 25 heavy (non-hydrogen) atoms. The Hall–Kier alpha value is -3.05. The number of aliphatic hydroxyl groups excluding tert-OH is 1. The first-order valence-electron chi connectivity index (χ1n) is 7.89. The lowest BCUT2D eigenvalue weighted by Gasteiger charge is -2.11. The number of amidine groups is 1. The molecule has 0 saturated heterocycles. The van der Waals surface area contributed by atoms with Crippen molar-refractivity contribution in [2.75, 3.05) is 0 Å². The number of nitrogens with two attached hydrogens (primary N) is 1. The van der Waals surface area contributed by atoms with E-state index in [1.165, 1.54) is 18.3 Å². The molecule has 3 N–H and O–H groups in total. The highest BCUT2D eigenvalue weighted by Crippen LogP contribution is 2.22.